The van der Waals surface area contributed by atoms with E-state index in [4.69, 9.17) is 9.15 Å². The van der Waals surface area contributed by atoms with E-state index in [1.165, 1.54) is 24.3 Å². The maximum atomic E-state index is 13.9. The molecule has 0 bridgehead atoms. The van der Waals surface area contributed by atoms with Crippen molar-refractivity contribution in [3.8, 4) is 17.2 Å². The van der Waals surface area contributed by atoms with Gasteiger partial charge in [-0.25, -0.2) is 0 Å². The highest BCUT2D eigenvalue weighted by molar-refractivity contribution is 5.83. The number of phenolic OH excluding ortho intramolecular Hbond substituents is 1. The molecular weight excluding hydrogens is 423 g/mol. The van der Waals surface area contributed by atoms with Gasteiger partial charge in [0, 0.05) is 0 Å². The van der Waals surface area contributed by atoms with Crippen molar-refractivity contribution in [1.29, 1.82) is 0 Å². The van der Waals surface area contributed by atoms with Gasteiger partial charge in [-0.1, -0.05) is 31.5 Å². The van der Waals surface area contributed by atoms with E-state index in [9.17, 15) is 23.1 Å². The number of phenols is 1. The number of rotatable bonds is 8. The van der Waals surface area contributed by atoms with Crippen molar-refractivity contribution >= 4 is 11.0 Å². The molecule has 2 aromatic carbocycles. The minimum atomic E-state index is -4.96. The van der Waals surface area contributed by atoms with Crippen LogP contribution >= 0.6 is 0 Å². The normalized spacial score (nSPS) is 12.0. The molecule has 0 saturated heterocycles. The second kappa shape index (κ2) is 9.65. The SMILES string of the molecule is CCC[NH+](CCC)Cc1c(O)ccc2c(=O)c(Oc3ccc(C)cc3)c(C(F)(F)F)oc12. The van der Waals surface area contributed by atoms with Crippen LogP contribution in [-0.2, 0) is 12.7 Å². The zero-order valence-electron chi connectivity index (χ0n) is 18.3. The second-order valence-electron chi connectivity index (χ2n) is 7.87. The topological polar surface area (TPSA) is 64.1 Å². The Morgan fingerprint density at radius 2 is 1.66 bits per heavy atom. The number of hydrogen-bond acceptors (Lipinski definition) is 4. The zero-order valence-corrected chi connectivity index (χ0v) is 18.3. The van der Waals surface area contributed by atoms with Crippen molar-refractivity contribution in [2.24, 2.45) is 0 Å². The van der Waals surface area contributed by atoms with Gasteiger partial charge in [-0.05, 0) is 44.0 Å². The number of aryl methyl sites for hydroxylation is 1. The average molecular weight is 450 g/mol. The third-order valence-corrected chi connectivity index (χ3v) is 5.23. The van der Waals surface area contributed by atoms with E-state index in [-0.39, 0.29) is 34.6 Å². The number of hydrogen-bond donors (Lipinski definition) is 2. The Labute approximate surface area is 184 Å². The van der Waals surface area contributed by atoms with Crippen LogP contribution in [0.1, 0.15) is 43.6 Å². The van der Waals surface area contributed by atoms with Gasteiger partial charge >= 0.3 is 6.18 Å². The standard InChI is InChI=1S/C24H26F3NO4/c1-4-12-28(13-5-2)14-18-19(29)11-10-17-20(30)22(23(24(25,26)27)32-21(17)18)31-16-8-6-15(3)7-9-16/h6-11,29H,4-5,12-14H2,1-3H3/p+1. The summed E-state index contributed by atoms with van der Waals surface area (Å²) in [4.78, 5) is 14.2. The number of fused-ring (bicyclic) bond motifs is 1. The van der Waals surface area contributed by atoms with E-state index in [1.807, 2.05) is 20.8 Å². The minimum absolute atomic E-state index is 0.0692. The van der Waals surface area contributed by atoms with Crippen LogP contribution in [0.25, 0.3) is 11.0 Å². The van der Waals surface area contributed by atoms with Gasteiger partial charge in [-0.15, -0.1) is 0 Å². The molecule has 0 saturated carbocycles. The first-order chi connectivity index (χ1) is 15.2. The van der Waals surface area contributed by atoms with Crippen LogP contribution in [-0.4, -0.2) is 18.2 Å². The number of halogens is 3. The Morgan fingerprint density at radius 3 is 2.22 bits per heavy atom. The maximum Gasteiger partial charge on any atom is 0.453 e. The summed E-state index contributed by atoms with van der Waals surface area (Å²) in [6.45, 7) is 7.63. The number of aromatic hydroxyl groups is 1. The summed E-state index contributed by atoms with van der Waals surface area (Å²) in [5.74, 6) is -2.55. The molecule has 0 amide bonds. The van der Waals surface area contributed by atoms with Crippen molar-refractivity contribution in [2.45, 2.75) is 46.3 Å². The molecule has 0 atom stereocenters. The molecule has 8 heteroatoms. The lowest BCUT2D eigenvalue weighted by Gasteiger charge is -2.20. The van der Waals surface area contributed by atoms with E-state index in [2.05, 4.69) is 0 Å². The quantitative estimate of drug-likeness (QED) is 0.516. The lowest BCUT2D eigenvalue weighted by molar-refractivity contribution is -0.913. The van der Waals surface area contributed by atoms with Gasteiger partial charge in [0.15, 0.2) is 5.58 Å². The highest BCUT2D eigenvalue weighted by Gasteiger charge is 2.41. The second-order valence-corrected chi connectivity index (χ2v) is 7.87. The molecule has 0 unspecified atom stereocenters. The highest BCUT2D eigenvalue weighted by Crippen LogP contribution is 2.39. The Kier molecular flexibility index (Phi) is 7.13. The Bertz CT molecular complexity index is 1130. The molecule has 0 fully saturated rings. The summed E-state index contributed by atoms with van der Waals surface area (Å²) in [6, 6.07) is 8.88. The van der Waals surface area contributed by atoms with Crippen LogP contribution in [0.3, 0.4) is 0 Å². The monoisotopic (exact) mass is 450 g/mol. The molecule has 0 aliphatic rings. The smallest absolute Gasteiger partial charge is 0.453 e. The first-order valence-corrected chi connectivity index (χ1v) is 10.6. The van der Waals surface area contributed by atoms with E-state index in [0.29, 0.717) is 0 Å². The van der Waals surface area contributed by atoms with Crippen molar-refractivity contribution in [3.05, 3.63) is 63.5 Å². The average Bonchev–Trinajstić information content (AvgIpc) is 2.73. The summed E-state index contributed by atoms with van der Waals surface area (Å²) >= 11 is 0. The van der Waals surface area contributed by atoms with Gasteiger partial charge in [0.05, 0.1) is 24.0 Å². The largest absolute Gasteiger partial charge is 0.507 e. The third kappa shape index (κ3) is 5.07. The van der Waals surface area contributed by atoms with Crippen LogP contribution in [0.15, 0.2) is 45.6 Å². The van der Waals surface area contributed by atoms with Crippen molar-refractivity contribution < 1.29 is 32.3 Å². The lowest BCUT2D eigenvalue weighted by atomic mass is 10.1. The number of ether oxygens (including phenoxy) is 1. The molecule has 0 aliphatic carbocycles. The predicted molar refractivity (Wildman–Crippen MR) is 115 cm³/mol. The Hall–Kier alpha value is -3.00. The van der Waals surface area contributed by atoms with Crippen LogP contribution in [0.2, 0.25) is 0 Å². The van der Waals surface area contributed by atoms with Crippen molar-refractivity contribution in [3.63, 3.8) is 0 Å². The summed E-state index contributed by atoms with van der Waals surface area (Å²) in [6.07, 6.45) is -3.23. The van der Waals surface area contributed by atoms with Gasteiger partial charge in [-0.3, -0.25) is 4.79 Å². The highest BCUT2D eigenvalue weighted by atomic mass is 19.4. The molecule has 172 valence electrons. The fraction of sp³-hybridized carbons (Fsp3) is 0.375. The van der Waals surface area contributed by atoms with Gasteiger partial charge in [0.2, 0.25) is 11.2 Å². The Balaban J connectivity index is 2.20. The molecule has 32 heavy (non-hydrogen) atoms. The summed E-state index contributed by atoms with van der Waals surface area (Å²) < 4.78 is 52.3. The van der Waals surface area contributed by atoms with Crippen LogP contribution in [0.5, 0.6) is 17.2 Å². The fourth-order valence-electron chi connectivity index (χ4n) is 3.72. The predicted octanol–water partition coefficient (Wildman–Crippen LogP) is 4.82. The minimum Gasteiger partial charge on any atom is -0.507 e. The molecule has 0 spiro atoms. The number of quaternary nitrogens is 1. The first kappa shape index (κ1) is 23.7. The van der Waals surface area contributed by atoms with E-state index in [1.54, 1.807) is 12.1 Å². The van der Waals surface area contributed by atoms with E-state index in [0.717, 1.165) is 36.4 Å². The summed E-state index contributed by atoms with van der Waals surface area (Å²) in [5.41, 5.74) is -0.120. The number of alkyl halides is 3. The van der Waals surface area contributed by atoms with Gasteiger partial charge in [0.25, 0.3) is 5.76 Å². The molecule has 3 rings (SSSR count). The van der Waals surface area contributed by atoms with E-state index >= 15 is 0 Å². The number of nitrogens with one attached hydrogen (secondary N) is 1. The summed E-state index contributed by atoms with van der Waals surface area (Å²) in [5, 5.41) is 10.4. The zero-order chi connectivity index (χ0) is 23.5. The Morgan fingerprint density at radius 1 is 1.03 bits per heavy atom. The molecule has 5 nitrogen and oxygen atoms in total. The molecule has 2 N–H and O–H groups in total. The van der Waals surface area contributed by atoms with Gasteiger partial charge in [-0.2, -0.15) is 13.2 Å². The molecule has 0 aliphatic heterocycles. The van der Waals surface area contributed by atoms with Crippen LogP contribution in [0.4, 0.5) is 13.2 Å². The maximum absolute atomic E-state index is 13.9. The van der Waals surface area contributed by atoms with Crippen LogP contribution < -0.4 is 15.1 Å². The molecule has 0 radical (unpaired) electrons. The van der Waals surface area contributed by atoms with Gasteiger partial charge in [0.1, 0.15) is 18.0 Å². The third-order valence-electron chi connectivity index (χ3n) is 5.23. The van der Waals surface area contributed by atoms with Crippen molar-refractivity contribution in [2.75, 3.05) is 13.1 Å². The molecular formula is C24H27F3NO4+. The summed E-state index contributed by atoms with van der Waals surface area (Å²) in [7, 11) is 0. The van der Waals surface area contributed by atoms with Crippen molar-refractivity contribution in [1.82, 2.24) is 0 Å². The van der Waals surface area contributed by atoms with E-state index < -0.39 is 23.1 Å². The molecule has 1 heterocycles. The van der Waals surface area contributed by atoms with Crippen LogP contribution in [0, 0.1) is 6.92 Å². The lowest BCUT2D eigenvalue weighted by Crippen LogP contribution is -3.10. The molecule has 3 aromatic rings. The number of benzene rings is 2. The first-order valence-electron chi connectivity index (χ1n) is 10.6. The molecule has 1 aromatic heterocycles. The van der Waals surface area contributed by atoms with Gasteiger partial charge < -0.3 is 19.2 Å². The fourth-order valence-corrected chi connectivity index (χ4v) is 3.72.